The van der Waals surface area contributed by atoms with E-state index in [0.29, 0.717) is 19.3 Å². The van der Waals surface area contributed by atoms with E-state index in [-0.39, 0.29) is 35.8 Å². The lowest BCUT2D eigenvalue weighted by Crippen LogP contribution is -2.47. The van der Waals surface area contributed by atoms with Crippen LogP contribution in [0.1, 0.15) is 72.6 Å². The molecule has 1 saturated heterocycles. The molecular formula is C24H38N4O3. The van der Waals surface area contributed by atoms with Crippen LogP contribution in [0.25, 0.3) is 0 Å². The van der Waals surface area contributed by atoms with Crippen LogP contribution in [0, 0.1) is 0 Å². The summed E-state index contributed by atoms with van der Waals surface area (Å²) in [6, 6.07) is 7.99. The van der Waals surface area contributed by atoms with Crippen molar-refractivity contribution in [3.8, 4) is 0 Å². The van der Waals surface area contributed by atoms with Gasteiger partial charge >= 0.3 is 0 Å². The van der Waals surface area contributed by atoms with Gasteiger partial charge < -0.3 is 15.5 Å². The number of carbonyl (C=O) groups is 3. The zero-order chi connectivity index (χ0) is 22.8. The van der Waals surface area contributed by atoms with Gasteiger partial charge in [-0.1, -0.05) is 12.8 Å². The van der Waals surface area contributed by atoms with Gasteiger partial charge in [0.25, 0.3) is 0 Å². The standard InChI is InChI=1S/C24H38N4O3/c1-17(2)28(18(3)4)23(30)9-7-5-6-8-16-25-19-10-12-20(13-11-19)26-21-14-15-22(29)27-24(21)31/h10-13,17-18,21,25-26H,5-9,14-16H2,1-4H3,(H,27,29,31). The Bertz CT molecular complexity index is 723. The van der Waals surface area contributed by atoms with Crippen LogP contribution in [0.3, 0.4) is 0 Å². The molecule has 0 aliphatic carbocycles. The zero-order valence-electron chi connectivity index (χ0n) is 19.4. The van der Waals surface area contributed by atoms with Gasteiger partial charge in [0.2, 0.25) is 17.7 Å². The van der Waals surface area contributed by atoms with Crippen LogP contribution in [0.5, 0.6) is 0 Å². The minimum absolute atomic E-state index is 0.206. The summed E-state index contributed by atoms with van der Waals surface area (Å²) in [7, 11) is 0. The summed E-state index contributed by atoms with van der Waals surface area (Å²) in [4.78, 5) is 37.4. The molecule has 3 amide bonds. The maximum absolute atomic E-state index is 12.4. The van der Waals surface area contributed by atoms with Gasteiger partial charge in [0.1, 0.15) is 6.04 Å². The van der Waals surface area contributed by atoms with E-state index in [9.17, 15) is 14.4 Å². The number of imide groups is 1. The molecule has 0 saturated carbocycles. The smallest absolute Gasteiger partial charge is 0.249 e. The molecule has 0 aromatic heterocycles. The number of piperidine rings is 1. The number of unbranched alkanes of at least 4 members (excludes halogenated alkanes) is 3. The molecule has 172 valence electrons. The molecule has 1 fully saturated rings. The maximum Gasteiger partial charge on any atom is 0.249 e. The van der Waals surface area contributed by atoms with Gasteiger partial charge in [-0.25, -0.2) is 0 Å². The molecule has 1 unspecified atom stereocenters. The van der Waals surface area contributed by atoms with Gasteiger partial charge in [-0.05, 0) is 71.2 Å². The molecular weight excluding hydrogens is 392 g/mol. The number of amides is 3. The van der Waals surface area contributed by atoms with E-state index < -0.39 is 0 Å². The van der Waals surface area contributed by atoms with Crippen molar-refractivity contribution in [1.82, 2.24) is 10.2 Å². The summed E-state index contributed by atoms with van der Waals surface area (Å²) in [5.74, 6) is -0.210. The molecule has 3 N–H and O–H groups in total. The molecule has 7 heteroatoms. The van der Waals surface area contributed by atoms with E-state index in [1.54, 1.807) is 0 Å². The van der Waals surface area contributed by atoms with Crippen LogP contribution < -0.4 is 16.0 Å². The van der Waals surface area contributed by atoms with E-state index in [1.165, 1.54) is 0 Å². The summed E-state index contributed by atoms with van der Waals surface area (Å²) >= 11 is 0. The third kappa shape index (κ3) is 8.23. The largest absolute Gasteiger partial charge is 0.385 e. The molecule has 0 bridgehead atoms. The SMILES string of the molecule is CC(C)N(C(=O)CCCCCCNc1ccc(NC2CCC(=O)NC2=O)cc1)C(C)C. The van der Waals surface area contributed by atoms with Gasteiger partial charge in [-0.2, -0.15) is 0 Å². The Morgan fingerprint density at radius 3 is 2.23 bits per heavy atom. The Kier molecular flexibility index (Phi) is 9.82. The van der Waals surface area contributed by atoms with Crippen LogP contribution in [0.4, 0.5) is 11.4 Å². The Morgan fingerprint density at radius 2 is 1.61 bits per heavy atom. The molecule has 1 aliphatic rings. The highest BCUT2D eigenvalue weighted by Gasteiger charge is 2.26. The third-order valence-electron chi connectivity index (χ3n) is 5.51. The summed E-state index contributed by atoms with van der Waals surface area (Å²) in [6.07, 6.45) is 5.67. The molecule has 1 aliphatic heterocycles. The lowest BCUT2D eigenvalue weighted by Gasteiger charge is -2.30. The summed E-state index contributed by atoms with van der Waals surface area (Å²) in [5.41, 5.74) is 1.90. The number of hydrogen-bond donors (Lipinski definition) is 3. The number of carbonyl (C=O) groups excluding carboxylic acids is 3. The molecule has 1 atom stereocenters. The minimum Gasteiger partial charge on any atom is -0.385 e. The fourth-order valence-corrected chi connectivity index (χ4v) is 4.01. The monoisotopic (exact) mass is 430 g/mol. The van der Waals surface area contributed by atoms with Crippen molar-refractivity contribution in [3.63, 3.8) is 0 Å². The summed E-state index contributed by atoms with van der Waals surface area (Å²) in [5, 5.41) is 8.94. The van der Waals surface area contributed by atoms with Crippen LogP contribution in [0.2, 0.25) is 0 Å². The Hall–Kier alpha value is -2.57. The highest BCUT2D eigenvalue weighted by Crippen LogP contribution is 2.17. The van der Waals surface area contributed by atoms with Gasteiger partial charge in [0.05, 0.1) is 0 Å². The first-order valence-corrected chi connectivity index (χ1v) is 11.5. The first kappa shape index (κ1) is 24.7. The van der Waals surface area contributed by atoms with Crippen molar-refractivity contribution >= 4 is 29.1 Å². The molecule has 1 heterocycles. The van der Waals surface area contributed by atoms with Gasteiger partial charge in [-0.3, -0.25) is 19.7 Å². The second-order valence-electron chi connectivity index (χ2n) is 8.80. The van der Waals surface area contributed by atoms with Crippen LogP contribution in [-0.2, 0) is 14.4 Å². The van der Waals surface area contributed by atoms with E-state index in [2.05, 4.69) is 43.6 Å². The van der Waals surface area contributed by atoms with Gasteiger partial charge in [-0.15, -0.1) is 0 Å². The topological polar surface area (TPSA) is 90.5 Å². The fourth-order valence-electron chi connectivity index (χ4n) is 4.01. The predicted molar refractivity (Wildman–Crippen MR) is 125 cm³/mol. The number of nitrogens with one attached hydrogen (secondary N) is 3. The van der Waals surface area contributed by atoms with Crippen LogP contribution >= 0.6 is 0 Å². The van der Waals surface area contributed by atoms with Gasteiger partial charge in [0, 0.05) is 42.8 Å². The number of hydrogen-bond acceptors (Lipinski definition) is 5. The molecule has 0 spiro atoms. The molecule has 31 heavy (non-hydrogen) atoms. The zero-order valence-corrected chi connectivity index (χ0v) is 19.4. The van der Waals surface area contributed by atoms with E-state index in [0.717, 1.165) is 43.6 Å². The van der Waals surface area contributed by atoms with Crippen LogP contribution in [-0.4, -0.2) is 47.3 Å². The number of anilines is 2. The molecule has 7 nitrogen and oxygen atoms in total. The molecule has 1 aromatic carbocycles. The Morgan fingerprint density at radius 1 is 1.00 bits per heavy atom. The highest BCUT2D eigenvalue weighted by atomic mass is 16.2. The number of benzene rings is 1. The third-order valence-corrected chi connectivity index (χ3v) is 5.51. The van der Waals surface area contributed by atoms with Crippen molar-refractivity contribution in [2.75, 3.05) is 17.2 Å². The fraction of sp³-hybridized carbons (Fsp3) is 0.625. The summed E-state index contributed by atoms with van der Waals surface area (Å²) < 4.78 is 0. The summed E-state index contributed by atoms with van der Waals surface area (Å²) in [6.45, 7) is 9.17. The van der Waals surface area contributed by atoms with Crippen molar-refractivity contribution in [2.24, 2.45) is 0 Å². The lowest BCUT2D eigenvalue weighted by molar-refractivity contribution is -0.135. The molecule has 0 radical (unpaired) electrons. The molecule has 2 rings (SSSR count). The number of nitrogens with zero attached hydrogens (tertiary/aromatic N) is 1. The minimum atomic E-state index is -0.364. The van der Waals surface area contributed by atoms with Crippen molar-refractivity contribution in [3.05, 3.63) is 24.3 Å². The molecule has 1 aromatic rings. The average molecular weight is 431 g/mol. The first-order valence-electron chi connectivity index (χ1n) is 11.5. The second-order valence-corrected chi connectivity index (χ2v) is 8.80. The van der Waals surface area contributed by atoms with Crippen molar-refractivity contribution in [2.45, 2.75) is 90.8 Å². The predicted octanol–water partition coefficient (Wildman–Crippen LogP) is 3.91. The van der Waals surface area contributed by atoms with E-state index in [4.69, 9.17) is 0 Å². The van der Waals surface area contributed by atoms with E-state index in [1.807, 2.05) is 29.2 Å². The normalized spacial score (nSPS) is 16.4. The lowest BCUT2D eigenvalue weighted by atomic mass is 10.1. The Balaban J connectivity index is 1.60. The Labute approximate surface area is 186 Å². The van der Waals surface area contributed by atoms with Crippen molar-refractivity contribution < 1.29 is 14.4 Å². The highest BCUT2D eigenvalue weighted by molar-refractivity contribution is 6.01. The van der Waals surface area contributed by atoms with Crippen LogP contribution in [0.15, 0.2) is 24.3 Å². The number of rotatable bonds is 12. The van der Waals surface area contributed by atoms with Gasteiger partial charge in [0.15, 0.2) is 0 Å². The quantitative estimate of drug-likeness (QED) is 0.345. The second kappa shape index (κ2) is 12.3. The first-order chi connectivity index (χ1) is 14.8. The van der Waals surface area contributed by atoms with Crippen molar-refractivity contribution in [1.29, 1.82) is 0 Å². The maximum atomic E-state index is 12.4. The average Bonchev–Trinajstić information content (AvgIpc) is 2.70. The van der Waals surface area contributed by atoms with E-state index >= 15 is 0 Å².